The van der Waals surface area contributed by atoms with Gasteiger partial charge >= 0.3 is 5.97 Å². The second-order valence-electron chi connectivity index (χ2n) is 6.51. The van der Waals surface area contributed by atoms with Gasteiger partial charge in [0.2, 0.25) is 0 Å². The Morgan fingerprint density at radius 1 is 1.33 bits per heavy atom. The third kappa shape index (κ3) is 4.71. The number of hydrogen-bond acceptors (Lipinski definition) is 4. The molecule has 0 saturated carbocycles. The Balaban J connectivity index is 2.27. The zero-order valence-corrected chi connectivity index (χ0v) is 15.5. The van der Waals surface area contributed by atoms with E-state index in [2.05, 4.69) is 6.07 Å². The third-order valence-corrected chi connectivity index (χ3v) is 4.97. The molecule has 1 heterocycles. The molecular formula is C19H27ClO4. The highest BCUT2D eigenvalue weighted by Crippen LogP contribution is 2.38. The Morgan fingerprint density at radius 2 is 2.04 bits per heavy atom. The van der Waals surface area contributed by atoms with Crippen molar-refractivity contribution in [3.8, 4) is 0 Å². The summed E-state index contributed by atoms with van der Waals surface area (Å²) in [6.07, 6.45) is 2.17. The Labute approximate surface area is 149 Å². The lowest BCUT2D eigenvalue weighted by molar-refractivity contribution is -0.143. The summed E-state index contributed by atoms with van der Waals surface area (Å²) in [5.74, 6) is -0.120. The minimum absolute atomic E-state index is 0.0564. The molecule has 0 radical (unpaired) electrons. The molecule has 1 aromatic rings. The van der Waals surface area contributed by atoms with Crippen LogP contribution in [0.3, 0.4) is 0 Å². The quantitative estimate of drug-likeness (QED) is 0.692. The van der Waals surface area contributed by atoms with Crippen molar-refractivity contribution >= 4 is 17.6 Å². The highest BCUT2D eigenvalue weighted by atomic mass is 35.5. The smallest absolute Gasteiger partial charge is 0.306 e. The van der Waals surface area contributed by atoms with Crippen molar-refractivity contribution in [3.63, 3.8) is 0 Å². The van der Waals surface area contributed by atoms with Crippen LogP contribution in [0.15, 0.2) is 18.2 Å². The highest BCUT2D eigenvalue weighted by Gasteiger charge is 2.35. The molecule has 0 bridgehead atoms. The molecule has 24 heavy (non-hydrogen) atoms. The second-order valence-corrected chi connectivity index (χ2v) is 6.95. The van der Waals surface area contributed by atoms with Crippen LogP contribution >= 0.6 is 11.6 Å². The van der Waals surface area contributed by atoms with E-state index < -0.39 is 0 Å². The van der Waals surface area contributed by atoms with Crippen LogP contribution in [0, 0.1) is 0 Å². The van der Waals surface area contributed by atoms with E-state index >= 15 is 0 Å². The third-order valence-electron chi connectivity index (χ3n) is 4.75. The van der Waals surface area contributed by atoms with Crippen LogP contribution in [-0.4, -0.2) is 39.5 Å². The first-order valence-corrected chi connectivity index (χ1v) is 8.92. The monoisotopic (exact) mass is 354 g/mol. The topological polar surface area (TPSA) is 44.8 Å². The largest absolute Gasteiger partial charge is 0.466 e. The van der Waals surface area contributed by atoms with Gasteiger partial charge in [0.05, 0.1) is 19.6 Å². The maximum absolute atomic E-state index is 11.8. The van der Waals surface area contributed by atoms with Crippen LogP contribution < -0.4 is 0 Å². The highest BCUT2D eigenvalue weighted by molar-refractivity contribution is 6.30. The summed E-state index contributed by atoms with van der Waals surface area (Å²) in [4.78, 5) is 11.8. The molecule has 1 atom stereocenters. The van der Waals surface area contributed by atoms with Crippen LogP contribution in [0.1, 0.15) is 50.2 Å². The van der Waals surface area contributed by atoms with Gasteiger partial charge < -0.3 is 14.2 Å². The van der Waals surface area contributed by atoms with E-state index in [1.165, 1.54) is 5.56 Å². The van der Waals surface area contributed by atoms with Crippen molar-refractivity contribution in [3.05, 3.63) is 34.3 Å². The first-order valence-electron chi connectivity index (χ1n) is 8.54. The second kappa shape index (κ2) is 8.84. The van der Waals surface area contributed by atoms with Gasteiger partial charge in [-0.15, -0.1) is 0 Å². The zero-order chi connectivity index (χ0) is 17.6. The van der Waals surface area contributed by atoms with Gasteiger partial charge in [-0.3, -0.25) is 4.79 Å². The Bertz CT molecular complexity index is 547. The Morgan fingerprint density at radius 3 is 2.67 bits per heavy atom. The molecule has 2 rings (SSSR count). The van der Waals surface area contributed by atoms with Crippen LogP contribution in [0.25, 0.3) is 0 Å². The molecule has 0 N–H and O–H groups in total. The van der Waals surface area contributed by atoms with Gasteiger partial charge in [-0.1, -0.05) is 24.6 Å². The number of methoxy groups -OCH3 is 1. The molecule has 0 aromatic heterocycles. The lowest BCUT2D eigenvalue weighted by atomic mass is 9.74. The van der Waals surface area contributed by atoms with Gasteiger partial charge in [-0.2, -0.15) is 0 Å². The van der Waals surface area contributed by atoms with E-state index in [4.69, 9.17) is 25.8 Å². The summed E-state index contributed by atoms with van der Waals surface area (Å²) in [7, 11) is 1.73. The number of carbonyl (C=O) groups excluding carboxylic acids is 1. The van der Waals surface area contributed by atoms with E-state index in [1.807, 2.05) is 26.0 Å². The Kier molecular flexibility index (Phi) is 7.08. The predicted molar refractivity (Wildman–Crippen MR) is 94.7 cm³/mol. The van der Waals surface area contributed by atoms with Crippen molar-refractivity contribution < 1.29 is 19.0 Å². The minimum Gasteiger partial charge on any atom is -0.466 e. The molecule has 1 saturated heterocycles. The van der Waals surface area contributed by atoms with Crippen LogP contribution in [0.2, 0.25) is 5.02 Å². The van der Waals surface area contributed by atoms with Crippen LogP contribution in [0.5, 0.6) is 0 Å². The van der Waals surface area contributed by atoms with Gasteiger partial charge in [0.25, 0.3) is 0 Å². The lowest BCUT2D eigenvalue weighted by Crippen LogP contribution is -2.38. The molecule has 1 fully saturated rings. The number of esters is 1. The summed E-state index contributed by atoms with van der Waals surface area (Å²) < 4.78 is 16.1. The molecule has 4 nitrogen and oxygen atoms in total. The summed E-state index contributed by atoms with van der Waals surface area (Å²) in [6, 6.07) is 6.13. The number of rotatable bonds is 7. The van der Waals surface area contributed by atoms with Crippen molar-refractivity contribution in [2.75, 3.05) is 33.5 Å². The van der Waals surface area contributed by atoms with E-state index in [0.717, 1.165) is 31.6 Å². The number of benzene rings is 1. The summed E-state index contributed by atoms with van der Waals surface area (Å²) >= 11 is 6.38. The maximum Gasteiger partial charge on any atom is 0.306 e. The van der Waals surface area contributed by atoms with Gasteiger partial charge in [0.1, 0.15) is 0 Å². The molecule has 0 amide bonds. The summed E-state index contributed by atoms with van der Waals surface area (Å²) in [5, 5.41) is 0.695. The summed E-state index contributed by atoms with van der Waals surface area (Å²) in [6.45, 7) is 6.35. The predicted octanol–water partition coefficient (Wildman–Crippen LogP) is 4.09. The van der Waals surface area contributed by atoms with Crippen molar-refractivity contribution in [2.45, 2.75) is 44.4 Å². The normalized spacial score (nSPS) is 18.2. The fraction of sp³-hybridized carbons (Fsp3) is 0.632. The fourth-order valence-electron chi connectivity index (χ4n) is 3.35. The summed E-state index contributed by atoms with van der Waals surface area (Å²) in [5.41, 5.74) is 2.16. The number of halogens is 1. The molecule has 0 spiro atoms. The molecule has 1 aliphatic rings. The van der Waals surface area contributed by atoms with Gasteiger partial charge in [-0.25, -0.2) is 0 Å². The lowest BCUT2D eigenvalue weighted by Gasteiger charge is -2.37. The van der Waals surface area contributed by atoms with Gasteiger partial charge in [-0.05, 0) is 48.9 Å². The molecular weight excluding hydrogens is 328 g/mol. The van der Waals surface area contributed by atoms with Crippen molar-refractivity contribution in [1.29, 1.82) is 0 Å². The Hall–Kier alpha value is -1.10. The van der Waals surface area contributed by atoms with E-state index in [9.17, 15) is 4.79 Å². The first kappa shape index (κ1) is 19.2. The molecule has 134 valence electrons. The van der Waals surface area contributed by atoms with E-state index in [0.29, 0.717) is 24.7 Å². The fourth-order valence-corrected chi connectivity index (χ4v) is 3.59. The average Bonchev–Trinajstić information content (AvgIpc) is 2.55. The van der Waals surface area contributed by atoms with Gasteiger partial charge in [0.15, 0.2) is 0 Å². The average molecular weight is 355 g/mol. The molecule has 5 heteroatoms. The van der Waals surface area contributed by atoms with Crippen molar-refractivity contribution in [1.82, 2.24) is 0 Å². The molecule has 1 aromatic carbocycles. The molecule has 0 unspecified atom stereocenters. The minimum atomic E-state index is -0.177. The molecule has 1 aliphatic heterocycles. The van der Waals surface area contributed by atoms with Crippen LogP contribution in [-0.2, 0) is 24.4 Å². The standard InChI is InChI=1S/C19H27ClO4/c1-4-24-18(21)9-14(2)15-10-16(12-17(20)11-15)19(13-22-3)5-7-23-8-6-19/h10-12,14H,4-9,13H2,1-3H3/t14-/m1/s1. The molecule has 0 aliphatic carbocycles. The van der Waals surface area contributed by atoms with Crippen LogP contribution in [0.4, 0.5) is 0 Å². The van der Waals surface area contributed by atoms with E-state index in [-0.39, 0.29) is 17.3 Å². The van der Waals surface area contributed by atoms with Crippen molar-refractivity contribution in [2.24, 2.45) is 0 Å². The van der Waals surface area contributed by atoms with E-state index in [1.54, 1.807) is 7.11 Å². The maximum atomic E-state index is 11.8. The number of ether oxygens (including phenoxy) is 3. The SMILES string of the molecule is CCOC(=O)C[C@@H](C)c1cc(Cl)cc(C2(COC)CCOCC2)c1. The first-order chi connectivity index (χ1) is 11.5. The van der Waals surface area contributed by atoms with Gasteiger partial charge in [0, 0.05) is 30.8 Å². The number of hydrogen-bond donors (Lipinski definition) is 0. The zero-order valence-electron chi connectivity index (χ0n) is 14.8. The number of carbonyl (C=O) groups is 1.